The summed E-state index contributed by atoms with van der Waals surface area (Å²) in [4.78, 5) is 22.4. The molecule has 2 atom stereocenters. The van der Waals surface area contributed by atoms with Crippen LogP contribution in [0.2, 0.25) is 0 Å². The SMILES string of the molecule is CC1=C(C(=O)O)N2C(=O)[C@H](Br)[C@H]2S(=O)(=O)C1. The van der Waals surface area contributed by atoms with E-state index in [1.807, 2.05) is 0 Å². The lowest BCUT2D eigenvalue weighted by molar-refractivity contribution is -0.145. The molecule has 2 heterocycles. The molecule has 6 nitrogen and oxygen atoms in total. The van der Waals surface area contributed by atoms with E-state index in [0.717, 1.165) is 4.90 Å². The topological polar surface area (TPSA) is 91.8 Å². The molecule has 0 aromatic carbocycles. The standard InChI is InChI=1S/C8H8BrNO5S/c1-3-2-16(14,15)7-4(9)6(11)10(7)5(3)8(12)13/h4,7H,2H2,1H3,(H,12,13)/t4-,7+/m0/s1. The Balaban J connectivity index is 2.58. The number of hydrogen-bond acceptors (Lipinski definition) is 4. The molecule has 1 fully saturated rings. The van der Waals surface area contributed by atoms with Crippen molar-refractivity contribution in [3.63, 3.8) is 0 Å². The molecule has 1 N–H and O–H groups in total. The first kappa shape index (κ1) is 11.6. The highest BCUT2D eigenvalue weighted by Crippen LogP contribution is 2.39. The quantitative estimate of drug-likeness (QED) is 0.530. The summed E-state index contributed by atoms with van der Waals surface area (Å²) in [5, 5.41) is 7.87. The molecule has 1 saturated heterocycles. The molecular formula is C8H8BrNO5S. The molecular weight excluding hydrogens is 302 g/mol. The molecule has 0 radical (unpaired) electrons. The van der Waals surface area contributed by atoms with Crippen LogP contribution in [0.25, 0.3) is 0 Å². The number of alkyl halides is 1. The smallest absolute Gasteiger partial charge is 0.352 e. The van der Waals surface area contributed by atoms with Gasteiger partial charge in [-0.25, -0.2) is 13.2 Å². The summed E-state index contributed by atoms with van der Waals surface area (Å²) in [6.07, 6.45) is 0. The molecule has 2 aliphatic heterocycles. The summed E-state index contributed by atoms with van der Waals surface area (Å²) in [6, 6.07) is 0. The Bertz CT molecular complexity index is 523. The van der Waals surface area contributed by atoms with E-state index < -0.39 is 31.9 Å². The van der Waals surface area contributed by atoms with Crippen molar-refractivity contribution in [2.24, 2.45) is 0 Å². The molecule has 0 aliphatic carbocycles. The Morgan fingerprint density at radius 1 is 1.56 bits per heavy atom. The van der Waals surface area contributed by atoms with Gasteiger partial charge in [-0.15, -0.1) is 0 Å². The average molecular weight is 310 g/mol. The minimum atomic E-state index is -3.48. The minimum absolute atomic E-state index is 0.191. The molecule has 16 heavy (non-hydrogen) atoms. The van der Waals surface area contributed by atoms with Crippen LogP contribution in [0.1, 0.15) is 6.92 Å². The maximum Gasteiger partial charge on any atom is 0.352 e. The van der Waals surface area contributed by atoms with Crippen molar-refractivity contribution in [1.82, 2.24) is 4.90 Å². The van der Waals surface area contributed by atoms with Gasteiger partial charge < -0.3 is 5.11 Å². The lowest BCUT2D eigenvalue weighted by atomic mass is 10.1. The Kier molecular flexibility index (Phi) is 2.39. The zero-order chi connectivity index (χ0) is 12.2. The molecule has 0 bridgehead atoms. The first-order chi connectivity index (χ1) is 7.27. The summed E-state index contributed by atoms with van der Waals surface area (Å²) in [7, 11) is -3.48. The number of carbonyl (C=O) groups excluding carboxylic acids is 1. The van der Waals surface area contributed by atoms with Crippen molar-refractivity contribution >= 4 is 37.6 Å². The highest BCUT2D eigenvalue weighted by Gasteiger charge is 2.58. The van der Waals surface area contributed by atoms with E-state index in [9.17, 15) is 18.0 Å². The predicted molar refractivity (Wildman–Crippen MR) is 57.5 cm³/mol. The molecule has 8 heteroatoms. The van der Waals surface area contributed by atoms with Gasteiger partial charge in [-0.2, -0.15) is 0 Å². The number of halogens is 1. The van der Waals surface area contributed by atoms with Gasteiger partial charge in [-0.3, -0.25) is 9.69 Å². The van der Waals surface area contributed by atoms with E-state index in [4.69, 9.17) is 5.11 Å². The Labute approximate surface area is 100.0 Å². The second-order valence-corrected chi connectivity index (χ2v) is 6.83. The van der Waals surface area contributed by atoms with Gasteiger partial charge in [0.15, 0.2) is 15.2 Å². The number of rotatable bonds is 1. The number of amides is 1. The van der Waals surface area contributed by atoms with E-state index >= 15 is 0 Å². The third kappa shape index (κ3) is 1.32. The zero-order valence-corrected chi connectivity index (χ0v) is 10.6. The number of carboxylic acid groups (broad SMARTS) is 1. The summed E-state index contributed by atoms with van der Waals surface area (Å²) in [5.74, 6) is -2.11. The van der Waals surface area contributed by atoms with Gasteiger partial charge in [0, 0.05) is 0 Å². The number of β-lactam (4-membered cyclic amide) rings is 1. The van der Waals surface area contributed by atoms with Crippen molar-refractivity contribution in [2.75, 3.05) is 5.75 Å². The summed E-state index contributed by atoms with van der Waals surface area (Å²) >= 11 is 2.95. The lowest BCUT2D eigenvalue weighted by Crippen LogP contribution is -2.67. The fourth-order valence-corrected chi connectivity index (χ4v) is 5.32. The van der Waals surface area contributed by atoms with E-state index in [1.165, 1.54) is 6.92 Å². The van der Waals surface area contributed by atoms with Crippen LogP contribution in [0.15, 0.2) is 11.3 Å². The van der Waals surface area contributed by atoms with Crippen molar-refractivity contribution < 1.29 is 23.1 Å². The molecule has 1 amide bonds. The molecule has 0 spiro atoms. The molecule has 0 saturated carbocycles. The third-order valence-electron chi connectivity index (χ3n) is 2.61. The van der Waals surface area contributed by atoms with Crippen LogP contribution in [-0.4, -0.2) is 46.3 Å². The first-order valence-electron chi connectivity index (χ1n) is 4.39. The van der Waals surface area contributed by atoms with Gasteiger partial charge in [0.25, 0.3) is 0 Å². The maximum atomic E-state index is 11.7. The third-order valence-corrected chi connectivity index (χ3v) is 5.91. The average Bonchev–Trinajstić information content (AvgIpc) is 2.13. The first-order valence-corrected chi connectivity index (χ1v) is 7.02. The molecule has 88 valence electrons. The van der Waals surface area contributed by atoms with E-state index in [0.29, 0.717) is 0 Å². The van der Waals surface area contributed by atoms with E-state index in [2.05, 4.69) is 15.9 Å². The van der Waals surface area contributed by atoms with Gasteiger partial charge >= 0.3 is 5.97 Å². The number of aliphatic carboxylic acids is 1. The van der Waals surface area contributed by atoms with Crippen LogP contribution in [-0.2, 0) is 19.4 Å². The van der Waals surface area contributed by atoms with E-state index in [-0.39, 0.29) is 17.0 Å². The fraction of sp³-hybridized carbons (Fsp3) is 0.500. The normalized spacial score (nSPS) is 32.1. The minimum Gasteiger partial charge on any atom is -0.477 e. The van der Waals surface area contributed by atoms with Crippen molar-refractivity contribution in [2.45, 2.75) is 17.1 Å². The number of fused-ring (bicyclic) bond motifs is 1. The van der Waals surface area contributed by atoms with Crippen molar-refractivity contribution in [3.8, 4) is 0 Å². The fourth-order valence-electron chi connectivity index (χ4n) is 1.96. The van der Waals surface area contributed by atoms with Crippen LogP contribution in [0.3, 0.4) is 0 Å². The van der Waals surface area contributed by atoms with Crippen LogP contribution in [0, 0.1) is 0 Å². The molecule has 2 aliphatic rings. The molecule has 0 aromatic heterocycles. The van der Waals surface area contributed by atoms with Crippen molar-refractivity contribution in [1.29, 1.82) is 0 Å². The van der Waals surface area contributed by atoms with Crippen LogP contribution >= 0.6 is 15.9 Å². The van der Waals surface area contributed by atoms with Crippen LogP contribution < -0.4 is 0 Å². The number of hydrogen-bond donors (Lipinski definition) is 1. The lowest BCUT2D eigenvalue weighted by Gasteiger charge is -2.46. The van der Waals surface area contributed by atoms with E-state index in [1.54, 1.807) is 0 Å². The van der Waals surface area contributed by atoms with Crippen LogP contribution in [0.4, 0.5) is 0 Å². The van der Waals surface area contributed by atoms with Gasteiger partial charge in [-0.1, -0.05) is 15.9 Å². The predicted octanol–water partition coefficient (Wildman–Crippen LogP) is -0.295. The molecule has 0 aromatic rings. The maximum absolute atomic E-state index is 11.7. The van der Waals surface area contributed by atoms with Gasteiger partial charge in [0.05, 0.1) is 5.75 Å². The Morgan fingerprint density at radius 2 is 2.12 bits per heavy atom. The second-order valence-electron chi connectivity index (χ2n) is 3.74. The highest BCUT2D eigenvalue weighted by atomic mass is 79.9. The molecule has 0 unspecified atom stereocenters. The van der Waals surface area contributed by atoms with Crippen molar-refractivity contribution in [3.05, 3.63) is 11.3 Å². The second kappa shape index (κ2) is 3.30. The van der Waals surface area contributed by atoms with Crippen LogP contribution in [0.5, 0.6) is 0 Å². The highest BCUT2D eigenvalue weighted by molar-refractivity contribution is 9.10. The number of carboxylic acids is 1. The Hall–Kier alpha value is -0.890. The Morgan fingerprint density at radius 3 is 2.62 bits per heavy atom. The molecule has 2 rings (SSSR count). The zero-order valence-electron chi connectivity index (χ0n) is 8.18. The monoisotopic (exact) mass is 309 g/mol. The summed E-state index contributed by atoms with van der Waals surface area (Å²) in [6.45, 7) is 1.41. The number of carbonyl (C=O) groups is 2. The van der Waals surface area contributed by atoms with Gasteiger partial charge in [0.2, 0.25) is 5.91 Å². The number of sulfone groups is 1. The number of nitrogens with zero attached hydrogens (tertiary/aromatic N) is 1. The largest absolute Gasteiger partial charge is 0.477 e. The summed E-state index contributed by atoms with van der Waals surface area (Å²) < 4.78 is 23.5. The van der Waals surface area contributed by atoms with Gasteiger partial charge in [0.1, 0.15) is 10.5 Å². The summed E-state index contributed by atoms with van der Waals surface area (Å²) in [5.41, 5.74) is -0.0166. The van der Waals surface area contributed by atoms with Gasteiger partial charge in [-0.05, 0) is 12.5 Å².